The molecule has 1 fully saturated rings. The van der Waals surface area contributed by atoms with E-state index in [1.807, 2.05) is 0 Å². The molecule has 0 aromatic heterocycles. The zero-order valence-corrected chi connectivity index (χ0v) is 10.2. The Bertz CT molecular complexity index is 161. The molecule has 0 heterocycles. The zero-order chi connectivity index (χ0) is 12.1. The Hall–Kier alpha value is -0.210. The summed E-state index contributed by atoms with van der Waals surface area (Å²) in [7, 11) is 0. The van der Waals surface area contributed by atoms with Gasteiger partial charge < -0.3 is 0 Å². The van der Waals surface area contributed by atoms with Crippen molar-refractivity contribution in [1.29, 1.82) is 0 Å². The van der Waals surface area contributed by atoms with Gasteiger partial charge in [0.2, 0.25) is 0 Å². The normalized spacial score (nSPS) is 20.8. The van der Waals surface area contributed by atoms with Crippen LogP contribution in [0.15, 0.2) is 0 Å². The van der Waals surface area contributed by atoms with E-state index >= 15 is 0 Å². The minimum Gasteiger partial charge on any atom is -0.171 e. The fourth-order valence-electron chi connectivity index (χ4n) is 1.62. The molecule has 0 radical (unpaired) electrons. The maximum Gasteiger partial charge on any atom is 0.394 e. The van der Waals surface area contributed by atoms with Gasteiger partial charge in [0, 0.05) is 0 Å². The average Bonchev–Trinajstić information content (AvgIpc) is 2.02. The minimum absolute atomic E-state index is 0.316. The van der Waals surface area contributed by atoms with Crippen molar-refractivity contribution < 1.29 is 13.2 Å². The second-order valence-electron chi connectivity index (χ2n) is 5.35. The summed E-state index contributed by atoms with van der Waals surface area (Å²) in [6.45, 7) is 7.84. The molecule has 0 N–H and O–H groups in total. The largest absolute Gasteiger partial charge is 0.394 e. The van der Waals surface area contributed by atoms with Gasteiger partial charge in [0.05, 0.1) is 5.41 Å². The van der Waals surface area contributed by atoms with E-state index < -0.39 is 11.6 Å². The summed E-state index contributed by atoms with van der Waals surface area (Å²) in [5.74, 6) is 0.833. The van der Waals surface area contributed by atoms with Crippen LogP contribution >= 0.6 is 0 Å². The number of alkyl halides is 3. The summed E-state index contributed by atoms with van der Waals surface area (Å²) in [5, 5.41) is 0. The smallest absolute Gasteiger partial charge is 0.171 e. The van der Waals surface area contributed by atoms with E-state index in [1.54, 1.807) is 0 Å². The average molecular weight is 224 g/mol. The maximum atomic E-state index is 12.3. The van der Waals surface area contributed by atoms with Gasteiger partial charge in [0.1, 0.15) is 0 Å². The Morgan fingerprint density at radius 3 is 1.47 bits per heavy atom. The van der Waals surface area contributed by atoms with E-state index in [2.05, 4.69) is 20.8 Å². The van der Waals surface area contributed by atoms with Crippen molar-refractivity contribution in [3.63, 3.8) is 0 Å². The first-order valence-electron chi connectivity index (χ1n) is 5.76. The van der Waals surface area contributed by atoms with Crippen molar-refractivity contribution in [2.75, 3.05) is 0 Å². The van der Waals surface area contributed by atoms with Gasteiger partial charge in [-0.15, -0.1) is 0 Å². The third kappa shape index (κ3) is 5.43. The van der Waals surface area contributed by atoms with Crippen LogP contribution in [0, 0.1) is 11.3 Å². The highest BCUT2D eigenvalue weighted by molar-refractivity contribution is 4.84. The summed E-state index contributed by atoms with van der Waals surface area (Å²) in [6.07, 6.45) is -0.932. The van der Waals surface area contributed by atoms with Gasteiger partial charge in [-0.3, -0.25) is 0 Å². The minimum atomic E-state index is -3.99. The second kappa shape index (κ2) is 5.76. The monoisotopic (exact) mass is 224 g/mol. The molecular formula is C12H23F3. The zero-order valence-electron chi connectivity index (χ0n) is 10.2. The first-order chi connectivity index (χ1) is 6.69. The molecule has 0 saturated heterocycles. The van der Waals surface area contributed by atoms with Crippen molar-refractivity contribution >= 4 is 0 Å². The van der Waals surface area contributed by atoms with Crippen LogP contribution in [0.3, 0.4) is 0 Å². The van der Waals surface area contributed by atoms with Crippen LogP contribution in [-0.2, 0) is 0 Å². The second-order valence-corrected chi connectivity index (χ2v) is 5.35. The molecule has 3 heteroatoms. The fraction of sp³-hybridized carbons (Fsp3) is 1.00. The van der Waals surface area contributed by atoms with Crippen LogP contribution in [0.25, 0.3) is 0 Å². The highest BCUT2D eigenvalue weighted by atomic mass is 19.4. The molecule has 1 saturated carbocycles. The van der Waals surface area contributed by atoms with Crippen molar-refractivity contribution in [3.8, 4) is 0 Å². The Labute approximate surface area is 91.3 Å². The molecule has 0 aromatic carbocycles. The molecule has 0 unspecified atom stereocenters. The van der Waals surface area contributed by atoms with Gasteiger partial charge >= 0.3 is 6.18 Å². The molecule has 15 heavy (non-hydrogen) atoms. The maximum absolute atomic E-state index is 12.3. The topological polar surface area (TPSA) is 0 Å². The highest BCUT2D eigenvalue weighted by Gasteiger charge is 2.50. The van der Waals surface area contributed by atoms with Crippen molar-refractivity contribution in [1.82, 2.24) is 0 Å². The molecule has 1 aliphatic rings. The third-order valence-electron chi connectivity index (χ3n) is 2.64. The molecule has 0 amide bonds. The lowest BCUT2D eigenvalue weighted by atomic mass is 9.75. The van der Waals surface area contributed by atoms with E-state index in [9.17, 15) is 13.2 Å². The van der Waals surface area contributed by atoms with Crippen LogP contribution in [0.2, 0.25) is 0 Å². The van der Waals surface area contributed by atoms with E-state index in [4.69, 9.17) is 0 Å². The molecule has 1 rings (SSSR count). The van der Waals surface area contributed by atoms with Gasteiger partial charge in [-0.1, -0.05) is 47.0 Å². The predicted octanol–water partition coefficient (Wildman–Crippen LogP) is 5.18. The molecule has 0 aromatic rings. The van der Waals surface area contributed by atoms with E-state index in [1.165, 1.54) is 6.92 Å². The first-order valence-corrected chi connectivity index (χ1v) is 5.76. The fourth-order valence-corrected chi connectivity index (χ4v) is 1.62. The van der Waals surface area contributed by atoms with E-state index in [0.717, 1.165) is 25.2 Å². The van der Waals surface area contributed by atoms with Gasteiger partial charge in [0.15, 0.2) is 0 Å². The molecule has 0 spiro atoms. The number of hydrogen-bond acceptors (Lipinski definition) is 0. The van der Waals surface area contributed by atoms with Gasteiger partial charge in [0.25, 0.3) is 0 Å². The van der Waals surface area contributed by atoms with Gasteiger partial charge in [-0.05, 0) is 18.8 Å². The summed E-state index contributed by atoms with van der Waals surface area (Å²) in [5.41, 5.74) is -1.38. The number of rotatable bonds is 0. The molecule has 0 bridgehead atoms. The number of hydrogen-bond donors (Lipinski definition) is 0. The summed E-state index contributed by atoms with van der Waals surface area (Å²) in [6, 6.07) is 0. The summed E-state index contributed by atoms with van der Waals surface area (Å²) >= 11 is 0. The highest BCUT2D eigenvalue weighted by Crippen LogP contribution is 2.48. The van der Waals surface area contributed by atoms with E-state index in [0.29, 0.717) is 12.8 Å². The lowest BCUT2D eigenvalue weighted by molar-refractivity contribution is -0.227. The molecule has 92 valence electrons. The SMILES string of the molecule is CC(C)C.CC1(C(F)(F)F)CCCCC1. The van der Waals surface area contributed by atoms with Gasteiger partial charge in [-0.2, -0.15) is 13.2 Å². The van der Waals surface area contributed by atoms with Crippen molar-refractivity contribution in [2.24, 2.45) is 11.3 Å². The third-order valence-corrected chi connectivity index (χ3v) is 2.64. The lowest BCUT2D eigenvalue weighted by Gasteiger charge is -2.35. The lowest BCUT2D eigenvalue weighted by Crippen LogP contribution is -2.36. The van der Waals surface area contributed by atoms with E-state index in [-0.39, 0.29) is 0 Å². The van der Waals surface area contributed by atoms with Gasteiger partial charge in [-0.25, -0.2) is 0 Å². The first kappa shape index (κ1) is 14.8. The Morgan fingerprint density at radius 1 is 0.933 bits per heavy atom. The van der Waals surface area contributed by atoms with Crippen molar-refractivity contribution in [3.05, 3.63) is 0 Å². The van der Waals surface area contributed by atoms with Crippen LogP contribution in [-0.4, -0.2) is 6.18 Å². The molecule has 1 aliphatic carbocycles. The Morgan fingerprint density at radius 2 is 1.27 bits per heavy atom. The van der Waals surface area contributed by atoms with Crippen LogP contribution in [0.4, 0.5) is 13.2 Å². The summed E-state index contributed by atoms with van der Waals surface area (Å²) in [4.78, 5) is 0. The standard InChI is InChI=1S/C8H13F3.C4H10/c1-7(8(9,10)11)5-3-2-4-6-7;1-4(2)3/h2-6H2,1H3;4H,1-3H3. The molecular weight excluding hydrogens is 201 g/mol. The Balaban J connectivity index is 0.000000423. The van der Waals surface area contributed by atoms with Crippen LogP contribution in [0.1, 0.15) is 59.8 Å². The molecule has 0 aliphatic heterocycles. The quantitative estimate of drug-likeness (QED) is 0.531. The van der Waals surface area contributed by atoms with Crippen molar-refractivity contribution in [2.45, 2.75) is 66.0 Å². The predicted molar refractivity (Wildman–Crippen MR) is 57.8 cm³/mol. The Kier molecular flexibility index (Phi) is 5.68. The number of halogens is 3. The molecule has 0 nitrogen and oxygen atoms in total. The molecule has 0 atom stereocenters. The summed E-state index contributed by atoms with van der Waals surface area (Å²) < 4.78 is 37.0. The van der Waals surface area contributed by atoms with Crippen LogP contribution in [0.5, 0.6) is 0 Å². The van der Waals surface area contributed by atoms with Crippen LogP contribution < -0.4 is 0 Å².